The van der Waals surface area contributed by atoms with Crippen LogP contribution in [-0.2, 0) is 0 Å². The van der Waals surface area contributed by atoms with Crippen LogP contribution < -0.4 is 0 Å². The van der Waals surface area contributed by atoms with E-state index in [4.69, 9.17) is 0 Å². The minimum atomic E-state index is -1.08. The van der Waals surface area contributed by atoms with E-state index in [1.165, 1.54) is 0 Å². The van der Waals surface area contributed by atoms with E-state index in [-0.39, 0.29) is 7.44 Å². The molecule has 0 atom stereocenters. The Labute approximate surface area is 142 Å². The molecular weight excluding hydrogens is 345 g/mol. The lowest BCUT2D eigenvalue weighted by Crippen LogP contribution is -2.87. The van der Waals surface area contributed by atoms with Gasteiger partial charge in [-0.25, -0.2) is 0 Å². The molecule has 0 N–H and O–H groups in total. The molecule has 0 radical (unpaired) electrons. The van der Waals surface area contributed by atoms with E-state index in [9.17, 15) is 0 Å². The van der Waals surface area contributed by atoms with Crippen LogP contribution in [0.3, 0.4) is 0 Å². The molecule has 5 heteroatoms. The van der Waals surface area contributed by atoms with Gasteiger partial charge in [-0.05, 0) is 19.1 Å². The summed E-state index contributed by atoms with van der Waals surface area (Å²) in [4.78, 5) is 0. The predicted octanol–water partition coefficient (Wildman–Crippen LogP) is 5.07. The smallest absolute Gasteiger partial charge is 0.0543 e. The highest BCUT2D eigenvalue weighted by atomic mass is 30.0. The maximum Gasteiger partial charge on any atom is 0.0543 e. The van der Waals surface area contributed by atoms with E-state index in [1.54, 1.807) is 11.6 Å². The summed E-state index contributed by atoms with van der Waals surface area (Å²) in [6, 6.07) is 13.0. The summed E-state index contributed by atoms with van der Waals surface area (Å²) in [5, 5.41) is 1.96. The first-order valence-electron chi connectivity index (χ1n) is 8.62. The van der Waals surface area contributed by atoms with Crippen LogP contribution in [0.25, 0.3) is 0 Å². The molecule has 1 aliphatic heterocycles. The van der Waals surface area contributed by atoms with Crippen molar-refractivity contribution in [2.75, 3.05) is 0 Å². The highest BCUT2D eigenvalue weighted by Crippen LogP contribution is 2.43. The zero-order valence-electron chi connectivity index (χ0n) is 16.1. The van der Waals surface area contributed by atoms with E-state index in [2.05, 4.69) is 89.3 Å². The van der Waals surface area contributed by atoms with Crippen LogP contribution in [-0.4, -0.2) is 42.0 Å². The van der Waals surface area contributed by atoms with Gasteiger partial charge < -0.3 is 0 Å². The van der Waals surface area contributed by atoms with Gasteiger partial charge in [0.25, 0.3) is 0 Å². The van der Waals surface area contributed by atoms with Gasteiger partial charge in [-0.1, -0.05) is 94.4 Å². The number of benzene rings is 1. The van der Waals surface area contributed by atoms with Gasteiger partial charge in [0, 0.05) is 15.2 Å². The lowest BCUT2D eigenvalue weighted by Gasteiger charge is -2.61. The summed E-state index contributed by atoms with van der Waals surface area (Å²) >= 11 is 0. The fourth-order valence-electron chi connectivity index (χ4n) is 4.98. The monoisotopic (exact) mass is 378 g/mol. The summed E-state index contributed by atoms with van der Waals surface area (Å²) in [6.45, 7) is 23.4. The maximum atomic E-state index is 2.73. The van der Waals surface area contributed by atoms with Crippen LogP contribution in [0.4, 0.5) is 0 Å². The van der Waals surface area contributed by atoms with Crippen molar-refractivity contribution in [2.24, 2.45) is 0 Å². The first-order valence-corrected chi connectivity index (χ1v) is 26.8. The van der Waals surface area contributed by atoms with Gasteiger partial charge in [-0.3, -0.25) is 0 Å². The summed E-state index contributed by atoms with van der Waals surface area (Å²) in [6.07, 6.45) is 0. The molecule has 0 nitrogen and oxygen atoms in total. The molecule has 1 aliphatic rings. The molecule has 1 aromatic rings. The molecule has 0 fully saturated rings. The zero-order valence-corrected chi connectivity index (χ0v) is 21.1. The molecule has 0 bridgehead atoms. The van der Waals surface area contributed by atoms with Crippen LogP contribution >= 0.6 is 0 Å². The zero-order chi connectivity index (χ0) is 17.0. The van der Waals surface area contributed by atoms with Crippen molar-refractivity contribution < 1.29 is 0 Å². The Balaban J connectivity index is 2.74. The minimum Gasteiger partial charge on any atom is -0.0716 e. The predicted molar refractivity (Wildman–Crippen MR) is 117 cm³/mol. The van der Waals surface area contributed by atoms with Crippen molar-refractivity contribution in [3.63, 3.8) is 0 Å². The maximum absolute atomic E-state index is 2.73. The Morgan fingerprint density at radius 2 is 1.23 bits per heavy atom. The highest BCUT2D eigenvalue weighted by Gasteiger charge is 2.64. The number of rotatable bonds is 4. The fraction of sp³-hybridized carbons (Fsp3) is 0.588. The van der Waals surface area contributed by atoms with Crippen LogP contribution in [0.5, 0.6) is 0 Å². The summed E-state index contributed by atoms with van der Waals surface area (Å²) in [5.74, 6) is 0. The third-order valence-corrected chi connectivity index (χ3v) is 87.8. The van der Waals surface area contributed by atoms with E-state index in [0.29, 0.717) is 0 Å². The molecule has 0 amide bonds. The summed E-state index contributed by atoms with van der Waals surface area (Å²) in [7, 11) is -3.42. The van der Waals surface area contributed by atoms with Gasteiger partial charge >= 0.3 is 0 Å². The average Bonchev–Trinajstić information content (AvgIpc) is 2.22. The third kappa shape index (κ3) is 2.83. The minimum absolute atomic E-state index is 0.249. The molecule has 0 aliphatic carbocycles. The highest BCUT2D eigenvalue weighted by molar-refractivity contribution is 7.97. The molecule has 22 heavy (non-hydrogen) atoms. The average molecular weight is 379 g/mol. The van der Waals surface area contributed by atoms with Crippen molar-refractivity contribution in [1.29, 1.82) is 0 Å². The Bertz CT molecular complexity index is 568. The quantitative estimate of drug-likeness (QED) is 0.641. The molecule has 1 heterocycles. The molecule has 2 rings (SSSR count). The topological polar surface area (TPSA) is 0 Å². The van der Waals surface area contributed by atoms with Crippen LogP contribution in [0.15, 0.2) is 30.3 Å². The lowest BCUT2D eigenvalue weighted by atomic mass is 10.2. The van der Waals surface area contributed by atoms with E-state index in [1.807, 2.05) is 5.17 Å². The van der Waals surface area contributed by atoms with Crippen molar-refractivity contribution >= 4 is 42.0 Å². The Hall–Kier alpha value is 0.174. The van der Waals surface area contributed by atoms with E-state index < -0.39 is 29.4 Å². The molecule has 0 aromatic heterocycles. The number of hydrogen-bond acceptors (Lipinski definition) is 0. The second-order valence-electron chi connectivity index (χ2n) is 10.1. The van der Waals surface area contributed by atoms with Crippen molar-refractivity contribution in [3.8, 4) is 0 Å². The van der Waals surface area contributed by atoms with Crippen molar-refractivity contribution in [3.05, 3.63) is 35.9 Å². The molecule has 0 unspecified atom stereocenters. The first kappa shape index (κ1) is 18.5. The second-order valence-corrected chi connectivity index (χ2v) is 57.3. The summed E-state index contributed by atoms with van der Waals surface area (Å²) in [5.41, 5.74) is 1.61. The van der Waals surface area contributed by atoms with Crippen molar-refractivity contribution in [1.82, 2.24) is 0 Å². The van der Waals surface area contributed by atoms with Crippen LogP contribution in [0.2, 0.25) is 65.0 Å². The SMILES string of the molecule is C[Si](C)(C)[Si]1=C(c2ccccc2)C[Si]1([Si](C)(C)C)[Si](C)(C)C. The molecule has 122 valence electrons. The van der Waals surface area contributed by atoms with Gasteiger partial charge in [0.2, 0.25) is 0 Å². The molecule has 0 saturated carbocycles. The Morgan fingerprint density at radius 3 is 1.59 bits per heavy atom. The largest absolute Gasteiger partial charge is 0.0716 e. The van der Waals surface area contributed by atoms with Gasteiger partial charge in [0.15, 0.2) is 0 Å². The molecule has 1 aromatic carbocycles. The van der Waals surface area contributed by atoms with Crippen LogP contribution in [0.1, 0.15) is 5.56 Å². The van der Waals surface area contributed by atoms with E-state index >= 15 is 0 Å². The first-order chi connectivity index (χ1) is 9.82. The lowest BCUT2D eigenvalue weighted by molar-refractivity contribution is 1.60. The van der Waals surface area contributed by atoms with Gasteiger partial charge in [-0.15, -0.1) is 0 Å². The third-order valence-electron chi connectivity index (χ3n) is 5.60. The normalized spacial score (nSPS) is 19.1. The van der Waals surface area contributed by atoms with Gasteiger partial charge in [0.05, 0.1) is 14.2 Å². The molecule has 0 spiro atoms. The molecular formula is C17H34Si5. The van der Waals surface area contributed by atoms with Crippen molar-refractivity contribution in [2.45, 2.75) is 65.0 Å². The number of hydrogen-bond donors (Lipinski definition) is 0. The second kappa shape index (κ2) is 5.62. The molecule has 0 saturated heterocycles. The Morgan fingerprint density at radius 1 is 0.773 bits per heavy atom. The summed E-state index contributed by atoms with van der Waals surface area (Å²) < 4.78 is 0. The van der Waals surface area contributed by atoms with Crippen LogP contribution in [0, 0.1) is 0 Å². The van der Waals surface area contributed by atoms with Gasteiger partial charge in [-0.2, -0.15) is 0 Å². The fourth-order valence-corrected chi connectivity index (χ4v) is 131. The standard InChI is InChI=1S/C17H34Si5/c1-19(2,3)18-17(16-13-11-10-12-14-16)15-22(18,20(4,5)6)21(7,8)9/h10-14H,15H2,1-9H3. The Kier molecular flexibility index (Phi) is 4.73. The van der Waals surface area contributed by atoms with Gasteiger partial charge in [0.1, 0.15) is 0 Å². The van der Waals surface area contributed by atoms with E-state index in [0.717, 1.165) is 0 Å².